The summed E-state index contributed by atoms with van der Waals surface area (Å²) in [5.41, 5.74) is 15.3. The Hall–Kier alpha value is -6.17. The maximum Gasteiger partial charge on any atom is 0.217 e. The molecule has 0 fully saturated rings. The van der Waals surface area contributed by atoms with Crippen LogP contribution in [0, 0.1) is 35.8 Å². The standard InChI is InChI=1S/C42H33N4O.C19H26GeN.Ir/c1-24(2)35-21-30(29-17-16-27-11-6-7-12-28(27)20-29)22-36(25(3)4)39(35)46-38-26(5)10-8-15-37(38)45-41(46)34-14-9-13-32-33-19-18-31(23-43)44-42(33)47-40(32)34;1-19(2,3)13-16-12-18(15-10-8-7-9-11-15)21-14-17(16)20(4,5)6;/h6-13,15-22,24-25H,1-5H3;7-10,12,14H,13H2,1-6H3;/q2*-1;. The van der Waals surface area contributed by atoms with Gasteiger partial charge in [-0.1, -0.05) is 87.2 Å². The molecule has 6 nitrogen and oxygen atoms in total. The number of hydrogen-bond donors (Lipinski definition) is 0. The zero-order valence-electron chi connectivity index (χ0n) is 41.5. The molecule has 0 atom stereocenters. The number of rotatable bonds is 8. The van der Waals surface area contributed by atoms with E-state index >= 15 is 0 Å². The van der Waals surface area contributed by atoms with E-state index in [4.69, 9.17) is 14.4 Å². The van der Waals surface area contributed by atoms with Gasteiger partial charge in [-0.25, -0.2) is 4.98 Å². The predicted molar refractivity (Wildman–Crippen MR) is 286 cm³/mol. The number of nitrogens with zero attached hydrogens (tertiary/aromatic N) is 5. The van der Waals surface area contributed by atoms with Crippen molar-refractivity contribution in [2.24, 2.45) is 5.41 Å². The number of benzene rings is 6. The van der Waals surface area contributed by atoms with Crippen LogP contribution in [0.5, 0.6) is 0 Å². The average Bonchev–Trinajstić information content (AvgIpc) is 3.89. The molecule has 1 radical (unpaired) electrons. The number of para-hydroxylation sites is 1. The van der Waals surface area contributed by atoms with Crippen LogP contribution < -0.4 is 4.40 Å². The maximum atomic E-state index is 9.48. The van der Waals surface area contributed by atoms with E-state index in [-0.39, 0.29) is 31.9 Å². The van der Waals surface area contributed by atoms with Crippen molar-refractivity contribution in [3.8, 4) is 45.5 Å². The first-order chi connectivity index (χ1) is 32.5. The van der Waals surface area contributed by atoms with Crippen LogP contribution in [0.1, 0.15) is 88.2 Å². The molecule has 69 heavy (non-hydrogen) atoms. The second-order valence-electron chi connectivity index (χ2n) is 20.9. The summed E-state index contributed by atoms with van der Waals surface area (Å²) in [7, 11) is 0. The molecule has 0 saturated carbocycles. The Bertz CT molecular complexity index is 3520. The second-order valence-corrected chi connectivity index (χ2v) is 31.5. The quantitative estimate of drug-likeness (QED) is 0.112. The maximum absolute atomic E-state index is 9.48. The molecule has 10 aromatic rings. The Kier molecular flexibility index (Phi) is 14.0. The molecule has 8 heteroatoms. The van der Waals surface area contributed by atoms with Crippen molar-refractivity contribution >= 4 is 61.5 Å². The molecule has 10 rings (SSSR count). The van der Waals surface area contributed by atoms with Gasteiger partial charge in [0, 0.05) is 31.2 Å². The Morgan fingerprint density at radius 2 is 1.46 bits per heavy atom. The number of imidazole rings is 1. The van der Waals surface area contributed by atoms with Crippen LogP contribution in [0.25, 0.3) is 83.3 Å². The Morgan fingerprint density at radius 3 is 2.13 bits per heavy atom. The van der Waals surface area contributed by atoms with Gasteiger partial charge in [0.1, 0.15) is 11.8 Å². The molecule has 0 N–H and O–H groups in total. The minimum atomic E-state index is -1.90. The van der Waals surface area contributed by atoms with E-state index in [0.717, 1.165) is 62.1 Å². The summed E-state index contributed by atoms with van der Waals surface area (Å²) in [6.07, 6.45) is 3.24. The molecular weight excluding hydrogens is 1080 g/mol. The minimum absolute atomic E-state index is 0. The average molecular weight is 1140 g/mol. The van der Waals surface area contributed by atoms with Gasteiger partial charge >= 0.3 is 132 Å². The third-order valence-corrected chi connectivity index (χ3v) is 17.1. The van der Waals surface area contributed by atoms with Gasteiger partial charge in [0.25, 0.3) is 0 Å². The van der Waals surface area contributed by atoms with Crippen LogP contribution in [0.3, 0.4) is 0 Å². The molecule has 0 aliphatic rings. The normalized spacial score (nSPS) is 11.9. The van der Waals surface area contributed by atoms with Crippen molar-refractivity contribution in [1.82, 2.24) is 19.5 Å². The van der Waals surface area contributed by atoms with E-state index in [0.29, 0.717) is 22.4 Å². The zero-order chi connectivity index (χ0) is 48.1. The van der Waals surface area contributed by atoms with E-state index in [1.54, 1.807) is 6.07 Å². The van der Waals surface area contributed by atoms with Gasteiger partial charge in [-0.15, -0.1) is 18.2 Å². The van der Waals surface area contributed by atoms with Gasteiger partial charge < -0.3 is 8.98 Å². The van der Waals surface area contributed by atoms with Crippen molar-refractivity contribution in [1.29, 1.82) is 5.26 Å². The third kappa shape index (κ3) is 9.99. The van der Waals surface area contributed by atoms with E-state index in [1.165, 1.54) is 43.0 Å². The fourth-order valence-electron chi connectivity index (χ4n) is 9.47. The monoisotopic (exact) mass is 1140 g/mol. The Morgan fingerprint density at radius 1 is 0.739 bits per heavy atom. The summed E-state index contributed by atoms with van der Waals surface area (Å²) in [5.74, 6) is 8.56. The molecule has 0 bridgehead atoms. The summed E-state index contributed by atoms with van der Waals surface area (Å²) in [6.45, 7) is 18.1. The molecular formula is C61H59GeIrN5O-2. The second kappa shape index (κ2) is 19.7. The van der Waals surface area contributed by atoms with Crippen molar-refractivity contribution in [2.45, 2.75) is 90.9 Å². The SMILES string of the molecule is CC(C)(C)Cc1cc(-c2[c-]cccc2)nc[c]1[Ge]([CH3])([CH3])[CH3].Cc1cccc2nc(-c3[c-]ccc4c3oc3nc(C#N)ccc34)n(-c3c(C(C)C)cc(-c4ccc5ccccc5c4)cc3C(C)C)c12.[Ir]. The van der Waals surface area contributed by atoms with Gasteiger partial charge in [-0.3, -0.25) is 4.98 Å². The molecule has 6 aromatic carbocycles. The van der Waals surface area contributed by atoms with Crippen LogP contribution in [0.15, 0.2) is 138 Å². The van der Waals surface area contributed by atoms with Gasteiger partial charge in [0.15, 0.2) is 0 Å². The number of aromatic nitrogens is 4. The molecule has 0 unspecified atom stereocenters. The van der Waals surface area contributed by atoms with Crippen LogP contribution in [0.4, 0.5) is 0 Å². The summed E-state index contributed by atoms with van der Waals surface area (Å²) in [6, 6.07) is 53.1. The van der Waals surface area contributed by atoms with E-state index in [1.807, 2.05) is 36.4 Å². The molecule has 0 spiro atoms. The number of hydrogen-bond acceptors (Lipinski definition) is 5. The van der Waals surface area contributed by atoms with Crippen molar-refractivity contribution in [3.63, 3.8) is 0 Å². The van der Waals surface area contributed by atoms with E-state index in [2.05, 4.69) is 192 Å². The van der Waals surface area contributed by atoms with Gasteiger partial charge in [-0.2, -0.15) is 5.26 Å². The minimum Gasteiger partial charge on any atom is -0.486 e. The van der Waals surface area contributed by atoms with Crippen molar-refractivity contribution in [3.05, 3.63) is 174 Å². The largest absolute Gasteiger partial charge is 0.486 e. The molecule has 0 amide bonds. The summed E-state index contributed by atoms with van der Waals surface area (Å²) >= 11 is -1.90. The van der Waals surface area contributed by atoms with Crippen LogP contribution in [-0.4, -0.2) is 32.8 Å². The van der Waals surface area contributed by atoms with E-state index in [9.17, 15) is 5.26 Å². The Balaban J connectivity index is 0.000000246. The van der Waals surface area contributed by atoms with Crippen LogP contribution in [-0.2, 0) is 26.5 Å². The number of nitriles is 1. The molecule has 0 aliphatic carbocycles. The smallest absolute Gasteiger partial charge is 0.217 e. The molecule has 349 valence electrons. The predicted octanol–water partition coefficient (Wildman–Crippen LogP) is 15.7. The molecule has 4 heterocycles. The molecule has 0 saturated heterocycles. The fraction of sp³-hybridized carbons (Fsp3) is 0.246. The first-order valence-electron chi connectivity index (χ1n) is 23.8. The van der Waals surface area contributed by atoms with Gasteiger partial charge in [0.05, 0.1) is 22.4 Å². The zero-order valence-corrected chi connectivity index (χ0v) is 46.0. The fourth-order valence-corrected chi connectivity index (χ4v) is 12.8. The first-order valence-corrected chi connectivity index (χ1v) is 31.1. The van der Waals surface area contributed by atoms with Gasteiger partial charge in [-0.05, 0) is 93.7 Å². The topological polar surface area (TPSA) is 80.5 Å². The molecule has 0 aliphatic heterocycles. The van der Waals surface area contributed by atoms with E-state index < -0.39 is 13.3 Å². The number of fused-ring (bicyclic) bond motifs is 5. The molecule has 4 aromatic heterocycles. The number of furan rings is 1. The van der Waals surface area contributed by atoms with Crippen molar-refractivity contribution < 1.29 is 24.5 Å². The summed E-state index contributed by atoms with van der Waals surface area (Å²) < 4.78 is 10.3. The van der Waals surface area contributed by atoms with Crippen LogP contribution in [0.2, 0.25) is 17.3 Å². The van der Waals surface area contributed by atoms with Gasteiger partial charge in [0.2, 0.25) is 5.71 Å². The summed E-state index contributed by atoms with van der Waals surface area (Å²) in [4.78, 5) is 14.5. The first kappa shape index (κ1) is 49.3. The van der Waals surface area contributed by atoms with Crippen LogP contribution >= 0.6 is 0 Å². The summed E-state index contributed by atoms with van der Waals surface area (Å²) in [5, 5.41) is 13.7. The third-order valence-electron chi connectivity index (χ3n) is 12.7. The Labute approximate surface area is 423 Å². The number of pyridine rings is 2. The van der Waals surface area contributed by atoms with Crippen molar-refractivity contribution in [2.75, 3.05) is 0 Å². The number of aryl methyl sites for hydroxylation is 1.